The summed E-state index contributed by atoms with van der Waals surface area (Å²) < 4.78 is 15.3. The van der Waals surface area contributed by atoms with E-state index in [9.17, 15) is 14.0 Å². The molecule has 2 amide bonds. The Morgan fingerprint density at radius 3 is 2.85 bits per heavy atom. The number of carbonyl (C=O) groups excluding carboxylic acids is 1. The van der Waals surface area contributed by atoms with Gasteiger partial charge in [0.05, 0.1) is 16.9 Å². The van der Waals surface area contributed by atoms with Crippen molar-refractivity contribution in [2.75, 3.05) is 31.5 Å². The van der Waals surface area contributed by atoms with Gasteiger partial charge in [0.2, 0.25) is 0 Å². The fourth-order valence-corrected chi connectivity index (χ4v) is 3.91. The van der Waals surface area contributed by atoms with Crippen LogP contribution in [0.25, 0.3) is 5.69 Å². The lowest BCUT2D eigenvalue weighted by Crippen LogP contribution is -2.77. The first kappa shape index (κ1) is 23.4. The number of rotatable bonds is 9. The Morgan fingerprint density at radius 1 is 1.29 bits per heavy atom. The fourth-order valence-electron chi connectivity index (χ4n) is 3.71. The van der Waals surface area contributed by atoms with E-state index in [-0.39, 0.29) is 29.0 Å². The van der Waals surface area contributed by atoms with Crippen molar-refractivity contribution in [1.82, 2.24) is 19.8 Å². The lowest BCUT2D eigenvalue weighted by molar-refractivity contribution is -0.589. The van der Waals surface area contributed by atoms with Crippen molar-refractivity contribution in [3.63, 3.8) is 0 Å². The van der Waals surface area contributed by atoms with Crippen LogP contribution >= 0.6 is 11.6 Å². The monoisotopic (exact) mass is 484 g/mol. The standard InChI is InChI=1S/C23H23ClFN7O2/c24-17-14-30-21(27-6-9-31-10-7-28-23(31)34)11-20(17)32-8-5-19(16(12-26)22(32)33)29-13-15-3-1-2-4-18(15)25/h1-5,8,11-12,14,26,29H,6-7,9-10,13H2,(H,27,30)(H,28,34)/p+1. The number of nitrogens with two attached hydrogens (primary N) is 1. The van der Waals surface area contributed by atoms with Crippen molar-refractivity contribution >= 4 is 35.4 Å². The van der Waals surface area contributed by atoms with E-state index in [0.29, 0.717) is 48.9 Å². The van der Waals surface area contributed by atoms with E-state index in [2.05, 4.69) is 15.6 Å². The Kier molecular flexibility index (Phi) is 7.19. The number of halogens is 2. The molecule has 1 fully saturated rings. The highest BCUT2D eigenvalue weighted by molar-refractivity contribution is 6.32. The van der Waals surface area contributed by atoms with Gasteiger partial charge >= 0.3 is 6.03 Å². The van der Waals surface area contributed by atoms with Crippen LogP contribution < -0.4 is 21.5 Å². The molecule has 0 aliphatic carbocycles. The minimum atomic E-state index is -0.426. The minimum Gasteiger partial charge on any atom is -0.368 e. The number of hydrogen-bond acceptors (Lipinski definition) is 5. The second-order valence-electron chi connectivity index (χ2n) is 7.67. The first-order chi connectivity index (χ1) is 16.5. The van der Waals surface area contributed by atoms with E-state index >= 15 is 0 Å². The van der Waals surface area contributed by atoms with Crippen LogP contribution in [0.2, 0.25) is 5.02 Å². The third-order valence-corrected chi connectivity index (χ3v) is 5.83. The van der Waals surface area contributed by atoms with Gasteiger partial charge in [-0.2, -0.15) is 0 Å². The van der Waals surface area contributed by atoms with Gasteiger partial charge in [0.25, 0.3) is 5.56 Å². The van der Waals surface area contributed by atoms with Crippen LogP contribution in [0.15, 0.2) is 53.6 Å². The number of nitrogens with one attached hydrogen (secondary N) is 3. The van der Waals surface area contributed by atoms with E-state index in [4.69, 9.17) is 17.0 Å². The molecule has 176 valence electrons. The van der Waals surface area contributed by atoms with Crippen molar-refractivity contribution in [1.29, 1.82) is 5.41 Å². The second-order valence-corrected chi connectivity index (χ2v) is 8.08. The van der Waals surface area contributed by atoms with Gasteiger partial charge in [-0.05, 0) is 6.07 Å². The maximum absolute atomic E-state index is 13.9. The van der Waals surface area contributed by atoms with Crippen LogP contribution in [0.1, 0.15) is 11.1 Å². The highest BCUT2D eigenvalue weighted by Crippen LogP contribution is 2.22. The molecule has 0 radical (unpaired) electrons. The number of quaternary nitrogens is 1. The van der Waals surface area contributed by atoms with E-state index < -0.39 is 5.56 Å². The van der Waals surface area contributed by atoms with Crippen LogP contribution in [0.4, 0.5) is 20.7 Å². The van der Waals surface area contributed by atoms with Crippen LogP contribution in [0, 0.1) is 11.2 Å². The van der Waals surface area contributed by atoms with E-state index in [1.807, 2.05) is 0 Å². The van der Waals surface area contributed by atoms with Crippen molar-refractivity contribution < 1.29 is 14.5 Å². The van der Waals surface area contributed by atoms with Gasteiger partial charge in [-0.15, -0.1) is 0 Å². The molecule has 0 atom stereocenters. The Bertz CT molecular complexity index is 1280. The van der Waals surface area contributed by atoms with Gasteiger partial charge in [-0.25, -0.2) is 14.2 Å². The molecule has 0 spiro atoms. The molecular formula is C23H24ClFN7O2+. The van der Waals surface area contributed by atoms with E-state index in [0.717, 1.165) is 6.21 Å². The number of nitrogens with zero attached hydrogens (tertiary/aromatic N) is 3. The number of carbonyl (C=O) groups is 1. The minimum absolute atomic E-state index is 0.0934. The Hall–Kier alpha value is -3.76. The number of anilines is 1. The largest absolute Gasteiger partial charge is 0.368 e. The van der Waals surface area contributed by atoms with Crippen molar-refractivity contribution in [3.05, 3.63) is 81.1 Å². The normalized spacial score (nSPS) is 13.1. The first-order valence-corrected chi connectivity index (χ1v) is 11.1. The molecule has 34 heavy (non-hydrogen) atoms. The van der Waals surface area contributed by atoms with Gasteiger partial charge in [-0.1, -0.05) is 29.8 Å². The number of amides is 2. The zero-order chi connectivity index (χ0) is 24.1. The lowest BCUT2D eigenvalue weighted by Gasteiger charge is -2.15. The highest BCUT2D eigenvalue weighted by atomic mass is 35.5. The van der Waals surface area contributed by atoms with Crippen LogP contribution in [-0.4, -0.2) is 52.9 Å². The Labute approximate surface area is 200 Å². The molecule has 11 heteroatoms. The maximum Gasteiger partial charge on any atom is 0.317 e. The SMILES string of the molecule is N=Cc1c([NH2+]Cc2ccccc2F)ccn(-c2cc(NCCN3CCNC3=O)ncc2Cl)c1=O. The average Bonchev–Trinajstić information content (AvgIpc) is 3.24. The summed E-state index contributed by atoms with van der Waals surface area (Å²) in [6.45, 7) is 2.56. The summed E-state index contributed by atoms with van der Waals surface area (Å²) in [5, 5.41) is 15.6. The Balaban J connectivity index is 1.53. The van der Waals surface area contributed by atoms with Crippen molar-refractivity contribution in [2.24, 2.45) is 0 Å². The summed E-state index contributed by atoms with van der Waals surface area (Å²) >= 11 is 6.34. The van der Waals surface area contributed by atoms with Crippen LogP contribution in [0.5, 0.6) is 0 Å². The van der Waals surface area contributed by atoms with Gasteiger partial charge in [-0.3, -0.25) is 9.36 Å². The average molecular weight is 485 g/mol. The smallest absolute Gasteiger partial charge is 0.317 e. The summed E-state index contributed by atoms with van der Waals surface area (Å²) in [5.74, 6) is 0.176. The summed E-state index contributed by atoms with van der Waals surface area (Å²) in [4.78, 5) is 30.7. The van der Waals surface area contributed by atoms with Gasteiger partial charge < -0.3 is 26.3 Å². The summed E-state index contributed by atoms with van der Waals surface area (Å²) in [6, 6.07) is 9.67. The summed E-state index contributed by atoms with van der Waals surface area (Å²) in [6.07, 6.45) is 4.00. The number of aromatic nitrogens is 2. The van der Waals surface area contributed by atoms with E-state index in [1.165, 1.54) is 16.8 Å². The molecule has 1 aliphatic rings. The highest BCUT2D eigenvalue weighted by Gasteiger charge is 2.19. The molecule has 4 rings (SSSR count). The molecule has 9 nitrogen and oxygen atoms in total. The molecule has 1 aromatic carbocycles. The molecule has 1 saturated heterocycles. The lowest BCUT2D eigenvalue weighted by atomic mass is 10.2. The third-order valence-electron chi connectivity index (χ3n) is 5.54. The molecule has 3 heterocycles. The summed E-state index contributed by atoms with van der Waals surface area (Å²) in [7, 11) is 0. The molecular weight excluding hydrogens is 461 g/mol. The fraction of sp³-hybridized carbons (Fsp3) is 0.217. The first-order valence-electron chi connectivity index (χ1n) is 10.7. The predicted octanol–water partition coefficient (Wildman–Crippen LogP) is 1.85. The van der Waals surface area contributed by atoms with Crippen molar-refractivity contribution in [2.45, 2.75) is 6.54 Å². The number of pyridine rings is 2. The molecule has 3 aromatic rings. The maximum atomic E-state index is 13.9. The Morgan fingerprint density at radius 2 is 2.12 bits per heavy atom. The third kappa shape index (κ3) is 5.08. The van der Waals surface area contributed by atoms with Crippen LogP contribution in [-0.2, 0) is 6.54 Å². The van der Waals surface area contributed by atoms with Crippen molar-refractivity contribution in [3.8, 4) is 5.69 Å². The topological polar surface area (TPSA) is 120 Å². The molecule has 0 saturated carbocycles. The number of benzene rings is 1. The number of hydrogen-bond donors (Lipinski definition) is 4. The predicted molar refractivity (Wildman–Crippen MR) is 128 cm³/mol. The quantitative estimate of drug-likeness (QED) is 0.346. The molecule has 0 bridgehead atoms. The van der Waals surface area contributed by atoms with Gasteiger partial charge in [0.1, 0.15) is 29.4 Å². The molecule has 5 N–H and O–H groups in total. The van der Waals surface area contributed by atoms with Gasteiger partial charge in [0, 0.05) is 56.3 Å². The second kappa shape index (κ2) is 10.4. The zero-order valence-electron chi connectivity index (χ0n) is 18.2. The zero-order valence-corrected chi connectivity index (χ0v) is 19.0. The summed E-state index contributed by atoms with van der Waals surface area (Å²) in [5.41, 5.74) is 1.19. The van der Waals surface area contributed by atoms with E-state index in [1.54, 1.807) is 46.7 Å². The molecule has 1 aliphatic heterocycles. The van der Waals surface area contributed by atoms with Crippen LogP contribution in [0.3, 0.4) is 0 Å². The van der Waals surface area contributed by atoms with Gasteiger partial charge in [0.15, 0.2) is 0 Å². The molecule has 0 unspecified atom stereocenters. The number of urea groups is 1. The molecule has 2 aromatic heterocycles.